The molecular weight excluding hydrogens is 242 g/mol. The monoisotopic (exact) mass is 263 g/mol. The minimum absolute atomic E-state index is 0.160. The number of carboxylic acid groups (broad SMARTS) is 1. The first-order valence-electron chi connectivity index (χ1n) is 6.55. The number of carbonyl (C=O) groups is 2. The van der Waals surface area contributed by atoms with Crippen molar-refractivity contribution in [2.75, 3.05) is 6.54 Å². The van der Waals surface area contributed by atoms with Crippen LogP contribution in [0.4, 0.5) is 0 Å². The van der Waals surface area contributed by atoms with E-state index in [2.05, 4.69) is 19.2 Å². The van der Waals surface area contributed by atoms with Gasteiger partial charge in [-0.2, -0.15) is 0 Å². The van der Waals surface area contributed by atoms with Crippen LogP contribution in [-0.4, -0.2) is 29.4 Å². The summed E-state index contributed by atoms with van der Waals surface area (Å²) in [5, 5.41) is 11.9. The van der Waals surface area contributed by atoms with E-state index in [4.69, 9.17) is 5.11 Å². The van der Waals surface area contributed by atoms with Crippen molar-refractivity contribution in [2.24, 2.45) is 5.92 Å². The summed E-state index contributed by atoms with van der Waals surface area (Å²) in [6, 6.07) is 8.15. The van der Waals surface area contributed by atoms with Crippen molar-refractivity contribution in [1.29, 1.82) is 0 Å². The first-order valence-corrected chi connectivity index (χ1v) is 6.55. The Kier molecular flexibility index (Phi) is 6.22. The Morgan fingerprint density at radius 1 is 1.21 bits per heavy atom. The number of carboxylic acids is 1. The van der Waals surface area contributed by atoms with E-state index in [1.54, 1.807) is 24.3 Å². The molecule has 1 rings (SSSR count). The number of aliphatic carboxylic acids is 1. The first-order chi connectivity index (χ1) is 9.00. The number of Topliss-reactive ketones (excluding diaryl/α,β-unsaturated/α-hetero) is 1. The Hall–Kier alpha value is -1.68. The van der Waals surface area contributed by atoms with Gasteiger partial charge in [0.25, 0.3) is 0 Å². The predicted octanol–water partition coefficient (Wildman–Crippen LogP) is 2.35. The van der Waals surface area contributed by atoms with Crippen LogP contribution >= 0.6 is 0 Å². The molecule has 104 valence electrons. The molecule has 1 aromatic rings. The lowest BCUT2D eigenvalue weighted by Crippen LogP contribution is -2.39. The zero-order valence-corrected chi connectivity index (χ0v) is 11.4. The van der Waals surface area contributed by atoms with Gasteiger partial charge in [0.15, 0.2) is 5.78 Å². The molecule has 1 unspecified atom stereocenters. The van der Waals surface area contributed by atoms with E-state index in [0.717, 1.165) is 6.42 Å². The Balaban J connectivity index is 2.67. The molecule has 0 heterocycles. The van der Waals surface area contributed by atoms with Crippen LogP contribution in [0.25, 0.3) is 0 Å². The van der Waals surface area contributed by atoms with Crippen LogP contribution in [0.1, 0.15) is 37.0 Å². The third kappa shape index (κ3) is 5.66. The summed E-state index contributed by atoms with van der Waals surface area (Å²) in [5.74, 6) is -0.608. The quantitative estimate of drug-likeness (QED) is 0.706. The van der Waals surface area contributed by atoms with Gasteiger partial charge in [-0.15, -0.1) is 0 Å². The highest BCUT2D eigenvalue weighted by Gasteiger charge is 2.22. The Bertz CT molecular complexity index is 415. The first kappa shape index (κ1) is 15.4. The Labute approximate surface area is 113 Å². The minimum atomic E-state index is -0.966. The second kappa shape index (κ2) is 7.69. The van der Waals surface area contributed by atoms with Gasteiger partial charge in [-0.25, -0.2) is 0 Å². The Morgan fingerprint density at radius 3 is 2.37 bits per heavy atom. The maximum atomic E-state index is 12.2. The number of benzene rings is 1. The number of nitrogens with one attached hydrogen (secondary N) is 1. The fourth-order valence-electron chi connectivity index (χ4n) is 1.78. The summed E-state index contributed by atoms with van der Waals surface area (Å²) < 4.78 is 0. The van der Waals surface area contributed by atoms with E-state index in [1.165, 1.54) is 0 Å². The summed E-state index contributed by atoms with van der Waals surface area (Å²) in [5.41, 5.74) is 0.547. The third-order valence-electron chi connectivity index (χ3n) is 2.87. The van der Waals surface area contributed by atoms with Crippen LogP contribution in [0.3, 0.4) is 0 Å². The van der Waals surface area contributed by atoms with Crippen LogP contribution < -0.4 is 5.32 Å². The number of hydrogen-bond acceptors (Lipinski definition) is 3. The van der Waals surface area contributed by atoms with Crippen molar-refractivity contribution in [2.45, 2.75) is 32.7 Å². The molecule has 1 aromatic carbocycles. The average Bonchev–Trinajstić information content (AvgIpc) is 2.37. The van der Waals surface area contributed by atoms with Crippen molar-refractivity contribution in [1.82, 2.24) is 5.32 Å². The van der Waals surface area contributed by atoms with Crippen molar-refractivity contribution >= 4 is 11.8 Å². The summed E-state index contributed by atoms with van der Waals surface area (Å²) in [7, 11) is 0. The molecule has 0 radical (unpaired) electrons. The smallest absolute Gasteiger partial charge is 0.305 e. The topological polar surface area (TPSA) is 66.4 Å². The largest absolute Gasteiger partial charge is 0.481 e. The lowest BCUT2D eigenvalue weighted by Gasteiger charge is -2.16. The highest BCUT2D eigenvalue weighted by molar-refractivity contribution is 6.01. The van der Waals surface area contributed by atoms with Gasteiger partial charge in [0.2, 0.25) is 0 Å². The van der Waals surface area contributed by atoms with Gasteiger partial charge in [-0.1, -0.05) is 44.2 Å². The van der Waals surface area contributed by atoms with Crippen molar-refractivity contribution in [3.05, 3.63) is 35.9 Å². The van der Waals surface area contributed by atoms with Crippen LogP contribution in [-0.2, 0) is 4.79 Å². The summed E-state index contributed by atoms with van der Waals surface area (Å²) in [4.78, 5) is 23.1. The molecule has 2 N–H and O–H groups in total. The molecule has 0 aliphatic heterocycles. The van der Waals surface area contributed by atoms with Crippen molar-refractivity contribution < 1.29 is 14.7 Å². The maximum absolute atomic E-state index is 12.2. The standard InChI is InChI=1S/C15H21NO3/c1-11(2)8-9-16-13(10-14(17)18)15(19)12-6-4-3-5-7-12/h3-7,11,13,16H,8-10H2,1-2H3,(H,17,18). The predicted molar refractivity (Wildman–Crippen MR) is 74.3 cm³/mol. The summed E-state index contributed by atoms with van der Waals surface area (Å²) in [6.45, 7) is 4.83. The van der Waals surface area contributed by atoms with E-state index in [-0.39, 0.29) is 12.2 Å². The van der Waals surface area contributed by atoms with Gasteiger partial charge in [0.05, 0.1) is 12.5 Å². The number of rotatable bonds is 8. The SMILES string of the molecule is CC(C)CCNC(CC(=O)O)C(=O)c1ccccc1. The van der Waals surface area contributed by atoms with E-state index in [9.17, 15) is 9.59 Å². The molecule has 0 amide bonds. The molecule has 1 atom stereocenters. The molecule has 0 aliphatic carbocycles. The van der Waals surface area contributed by atoms with E-state index >= 15 is 0 Å². The Morgan fingerprint density at radius 2 is 1.84 bits per heavy atom. The maximum Gasteiger partial charge on any atom is 0.305 e. The highest BCUT2D eigenvalue weighted by Crippen LogP contribution is 2.07. The van der Waals surface area contributed by atoms with Crippen LogP contribution in [0.15, 0.2) is 30.3 Å². The van der Waals surface area contributed by atoms with Gasteiger partial charge in [-0.3, -0.25) is 9.59 Å². The van der Waals surface area contributed by atoms with Crippen molar-refractivity contribution in [3.63, 3.8) is 0 Å². The van der Waals surface area contributed by atoms with Crippen LogP contribution in [0, 0.1) is 5.92 Å². The summed E-state index contributed by atoms with van der Waals surface area (Å²) in [6.07, 6.45) is 0.726. The summed E-state index contributed by atoms with van der Waals surface area (Å²) >= 11 is 0. The molecule has 4 nitrogen and oxygen atoms in total. The zero-order valence-electron chi connectivity index (χ0n) is 11.4. The molecule has 0 bridgehead atoms. The fraction of sp³-hybridized carbons (Fsp3) is 0.467. The van der Waals surface area contributed by atoms with Crippen LogP contribution in [0.5, 0.6) is 0 Å². The van der Waals surface area contributed by atoms with Gasteiger partial charge in [0.1, 0.15) is 0 Å². The second-order valence-corrected chi connectivity index (χ2v) is 5.02. The number of hydrogen-bond donors (Lipinski definition) is 2. The normalized spacial score (nSPS) is 12.4. The van der Waals surface area contributed by atoms with Gasteiger partial charge in [-0.05, 0) is 18.9 Å². The lowest BCUT2D eigenvalue weighted by atomic mass is 10.0. The second-order valence-electron chi connectivity index (χ2n) is 5.02. The minimum Gasteiger partial charge on any atom is -0.481 e. The van der Waals surface area contributed by atoms with E-state index < -0.39 is 12.0 Å². The van der Waals surface area contributed by atoms with Gasteiger partial charge >= 0.3 is 5.97 Å². The molecule has 0 aliphatic rings. The molecule has 19 heavy (non-hydrogen) atoms. The third-order valence-corrected chi connectivity index (χ3v) is 2.87. The van der Waals surface area contributed by atoms with Crippen molar-refractivity contribution in [3.8, 4) is 0 Å². The van der Waals surface area contributed by atoms with E-state index in [1.807, 2.05) is 6.07 Å². The molecule has 0 spiro atoms. The van der Waals surface area contributed by atoms with Gasteiger partial charge < -0.3 is 10.4 Å². The molecule has 0 saturated heterocycles. The number of carbonyl (C=O) groups excluding carboxylic acids is 1. The molecular formula is C15H21NO3. The molecule has 0 saturated carbocycles. The molecule has 4 heteroatoms. The fourth-order valence-corrected chi connectivity index (χ4v) is 1.78. The lowest BCUT2D eigenvalue weighted by molar-refractivity contribution is -0.137. The van der Waals surface area contributed by atoms with E-state index in [0.29, 0.717) is 18.0 Å². The average molecular weight is 263 g/mol. The molecule has 0 aromatic heterocycles. The zero-order chi connectivity index (χ0) is 14.3. The number of ketones is 1. The highest BCUT2D eigenvalue weighted by atomic mass is 16.4. The molecule has 0 fully saturated rings. The van der Waals surface area contributed by atoms with Crippen LogP contribution in [0.2, 0.25) is 0 Å². The van der Waals surface area contributed by atoms with Gasteiger partial charge in [0, 0.05) is 5.56 Å².